The zero-order chi connectivity index (χ0) is 13.8. The van der Waals surface area contributed by atoms with Crippen LogP contribution < -0.4 is 5.32 Å². The third kappa shape index (κ3) is 3.68. The maximum absolute atomic E-state index is 3.61. The highest BCUT2D eigenvalue weighted by Crippen LogP contribution is 2.27. The Balaban J connectivity index is 2.28. The molecular weight excluding hydrogens is 366 g/mol. The first-order chi connectivity index (χ1) is 9.11. The van der Waals surface area contributed by atoms with E-state index in [1.165, 1.54) is 21.2 Å². The van der Waals surface area contributed by atoms with Crippen molar-refractivity contribution in [2.45, 2.75) is 19.4 Å². The lowest BCUT2D eigenvalue weighted by molar-refractivity contribution is 0.588. The second-order valence-corrected chi connectivity index (χ2v) is 6.40. The summed E-state index contributed by atoms with van der Waals surface area (Å²) < 4.78 is 2.30. The molecule has 0 bridgehead atoms. The lowest BCUT2D eigenvalue weighted by atomic mass is 9.95. The van der Waals surface area contributed by atoms with Gasteiger partial charge in [0.05, 0.1) is 0 Å². The Labute approximate surface area is 131 Å². The molecule has 0 spiro atoms. The van der Waals surface area contributed by atoms with Gasteiger partial charge < -0.3 is 5.32 Å². The summed E-state index contributed by atoms with van der Waals surface area (Å²) in [6, 6.07) is 15.2. The summed E-state index contributed by atoms with van der Waals surface area (Å²) in [4.78, 5) is 0. The first kappa shape index (κ1) is 14.8. The minimum absolute atomic E-state index is 0.326. The molecule has 2 aromatic rings. The minimum Gasteiger partial charge on any atom is -0.313 e. The highest BCUT2D eigenvalue weighted by atomic mass is 79.9. The van der Waals surface area contributed by atoms with Gasteiger partial charge in [-0.3, -0.25) is 0 Å². The van der Waals surface area contributed by atoms with Crippen LogP contribution in [0.2, 0.25) is 0 Å². The summed E-state index contributed by atoms with van der Waals surface area (Å²) in [6.45, 7) is 2.16. The Morgan fingerprint density at radius 2 is 1.84 bits per heavy atom. The first-order valence-corrected chi connectivity index (χ1v) is 7.87. The third-order valence-electron chi connectivity index (χ3n) is 3.36. The Hall–Kier alpha value is -0.640. The fourth-order valence-electron chi connectivity index (χ4n) is 2.27. The predicted octanol–water partition coefficient (Wildman–Crippen LogP) is 5.02. The number of hydrogen-bond acceptors (Lipinski definition) is 1. The molecule has 0 aliphatic rings. The van der Waals surface area contributed by atoms with E-state index < -0.39 is 0 Å². The van der Waals surface area contributed by atoms with Gasteiger partial charge in [-0.1, -0.05) is 56.1 Å². The highest BCUT2D eigenvalue weighted by molar-refractivity contribution is 9.10. The van der Waals surface area contributed by atoms with Gasteiger partial charge in [0.2, 0.25) is 0 Å². The second kappa shape index (κ2) is 6.69. The van der Waals surface area contributed by atoms with Crippen LogP contribution in [-0.2, 0) is 6.42 Å². The SMILES string of the molecule is CNC(Cc1cccc(Br)c1)c1cccc(Br)c1C. The van der Waals surface area contributed by atoms with Gasteiger partial charge >= 0.3 is 0 Å². The molecule has 1 nitrogen and oxygen atoms in total. The van der Waals surface area contributed by atoms with Crippen LogP contribution in [0.3, 0.4) is 0 Å². The number of likely N-dealkylation sites (N-methyl/N-ethyl adjacent to an activating group) is 1. The number of benzene rings is 2. The molecule has 0 saturated carbocycles. The summed E-state index contributed by atoms with van der Waals surface area (Å²) in [7, 11) is 2.02. The molecule has 0 aliphatic heterocycles. The fraction of sp³-hybridized carbons (Fsp3) is 0.250. The van der Waals surface area contributed by atoms with Gasteiger partial charge in [0.25, 0.3) is 0 Å². The Bertz CT molecular complexity index is 566. The minimum atomic E-state index is 0.326. The largest absolute Gasteiger partial charge is 0.313 e. The maximum atomic E-state index is 3.61. The van der Waals surface area contributed by atoms with Gasteiger partial charge in [-0.05, 0) is 55.3 Å². The molecule has 1 unspecified atom stereocenters. The van der Waals surface area contributed by atoms with Crippen molar-refractivity contribution in [1.29, 1.82) is 0 Å². The molecule has 1 N–H and O–H groups in total. The summed E-state index contributed by atoms with van der Waals surface area (Å²) in [5, 5.41) is 3.42. The molecule has 0 heterocycles. The van der Waals surface area contributed by atoms with Crippen LogP contribution in [0.5, 0.6) is 0 Å². The average Bonchev–Trinajstić information content (AvgIpc) is 2.40. The van der Waals surface area contributed by atoms with Crippen LogP contribution in [0.1, 0.15) is 22.7 Å². The molecule has 0 aromatic heterocycles. The van der Waals surface area contributed by atoms with Crippen LogP contribution in [0.15, 0.2) is 51.4 Å². The molecule has 0 aliphatic carbocycles. The van der Waals surface area contributed by atoms with E-state index in [-0.39, 0.29) is 0 Å². The number of hydrogen-bond donors (Lipinski definition) is 1. The van der Waals surface area contributed by atoms with Crippen molar-refractivity contribution < 1.29 is 0 Å². The van der Waals surface area contributed by atoms with E-state index in [4.69, 9.17) is 0 Å². The van der Waals surface area contributed by atoms with Crippen LogP contribution in [0, 0.1) is 6.92 Å². The van der Waals surface area contributed by atoms with E-state index in [0.717, 1.165) is 10.9 Å². The summed E-state index contributed by atoms with van der Waals surface area (Å²) in [5.41, 5.74) is 3.97. The summed E-state index contributed by atoms with van der Waals surface area (Å²) >= 11 is 7.13. The van der Waals surface area contributed by atoms with E-state index in [9.17, 15) is 0 Å². The monoisotopic (exact) mass is 381 g/mol. The Morgan fingerprint density at radius 3 is 2.53 bits per heavy atom. The number of nitrogens with one attached hydrogen (secondary N) is 1. The highest BCUT2D eigenvalue weighted by Gasteiger charge is 2.13. The van der Waals surface area contributed by atoms with Gasteiger partial charge in [0.1, 0.15) is 0 Å². The number of halogens is 2. The van der Waals surface area contributed by atoms with Crippen molar-refractivity contribution >= 4 is 31.9 Å². The van der Waals surface area contributed by atoms with Crippen LogP contribution in [-0.4, -0.2) is 7.05 Å². The van der Waals surface area contributed by atoms with Crippen molar-refractivity contribution in [3.05, 3.63) is 68.1 Å². The van der Waals surface area contributed by atoms with E-state index in [1.807, 2.05) is 7.05 Å². The van der Waals surface area contributed by atoms with Gasteiger partial charge in [-0.15, -0.1) is 0 Å². The molecule has 0 radical (unpaired) electrons. The van der Waals surface area contributed by atoms with Gasteiger partial charge in [0.15, 0.2) is 0 Å². The van der Waals surface area contributed by atoms with Gasteiger partial charge in [-0.2, -0.15) is 0 Å². The second-order valence-electron chi connectivity index (χ2n) is 4.63. The van der Waals surface area contributed by atoms with E-state index in [1.54, 1.807) is 0 Å². The van der Waals surface area contributed by atoms with Crippen molar-refractivity contribution in [2.75, 3.05) is 7.05 Å². The zero-order valence-corrected chi connectivity index (χ0v) is 14.3. The van der Waals surface area contributed by atoms with Gasteiger partial charge in [0, 0.05) is 15.0 Å². The van der Waals surface area contributed by atoms with Crippen LogP contribution in [0.4, 0.5) is 0 Å². The first-order valence-electron chi connectivity index (χ1n) is 6.28. The topological polar surface area (TPSA) is 12.0 Å². The number of rotatable bonds is 4. The van der Waals surface area contributed by atoms with Crippen molar-refractivity contribution in [2.24, 2.45) is 0 Å². The van der Waals surface area contributed by atoms with E-state index >= 15 is 0 Å². The Kier molecular flexibility index (Phi) is 5.20. The summed E-state index contributed by atoms with van der Waals surface area (Å²) in [5.74, 6) is 0. The maximum Gasteiger partial charge on any atom is 0.0361 e. The summed E-state index contributed by atoms with van der Waals surface area (Å²) in [6.07, 6.45) is 0.979. The molecule has 19 heavy (non-hydrogen) atoms. The molecule has 2 rings (SSSR count). The lowest BCUT2D eigenvalue weighted by Gasteiger charge is -2.20. The molecule has 0 amide bonds. The third-order valence-corrected chi connectivity index (χ3v) is 4.71. The van der Waals surface area contributed by atoms with Crippen LogP contribution >= 0.6 is 31.9 Å². The lowest BCUT2D eigenvalue weighted by Crippen LogP contribution is -2.20. The van der Waals surface area contributed by atoms with Crippen molar-refractivity contribution in [1.82, 2.24) is 5.32 Å². The van der Waals surface area contributed by atoms with Crippen molar-refractivity contribution in [3.63, 3.8) is 0 Å². The molecule has 0 fully saturated rings. The zero-order valence-electron chi connectivity index (χ0n) is 11.1. The van der Waals surface area contributed by atoms with E-state index in [2.05, 4.69) is 86.6 Å². The normalized spacial score (nSPS) is 12.4. The molecule has 1 atom stereocenters. The van der Waals surface area contributed by atoms with Gasteiger partial charge in [-0.25, -0.2) is 0 Å². The Morgan fingerprint density at radius 1 is 1.11 bits per heavy atom. The average molecular weight is 383 g/mol. The smallest absolute Gasteiger partial charge is 0.0361 e. The molecule has 100 valence electrons. The quantitative estimate of drug-likeness (QED) is 0.782. The van der Waals surface area contributed by atoms with Crippen LogP contribution in [0.25, 0.3) is 0 Å². The molecule has 3 heteroatoms. The molecule has 0 saturated heterocycles. The molecule has 2 aromatic carbocycles. The standard InChI is InChI=1S/C16H17Br2N/c1-11-14(7-4-8-15(11)18)16(19-2)10-12-5-3-6-13(17)9-12/h3-9,16,19H,10H2,1-2H3. The fourth-order valence-corrected chi connectivity index (χ4v) is 3.10. The van der Waals surface area contributed by atoms with Crippen molar-refractivity contribution in [3.8, 4) is 0 Å². The predicted molar refractivity (Wildman–Crippen MR) is 88.5 cm³/mol. The van der Waals surface area contributed by atoms with E-state index in [0.29, 0.717) is 6.04 Å². The molecular formula is C16H17Br2N.